The van der Waals surface area contributed by atoms with E-state index in [0.717, 1.165) is 16.8 Å². The van der Waals surface area contributed by atoms with Gasteiger partial charge in [-0.15, -0.1) is 0 Å². The first-order chi connectivity index (χ1) is 12.4. The molecule has 0 aliphatic rings. The number of aryl methyl sites for hydroxylation is 1. The predicted octanol–water partition coefficient (Wildman–Crippen LogP) is 3.83. The zero-order valence-corrected chi connectivity index (χ0v) is 16.1. The van der Waals surface area contributed by atoms with Crippen molar-refractivity contribution in [1.29, 1.82) is 0 Å². The molecule has 0 aliphatic carbocycles. The van der Waals surface area contributed by atoms with Crippen molar-refractivity contribution in [2.45, 2.75) is 40.0 Å². The highest BCUT2D eigenvalue weighted by atomic mass is 16.2. The molecule has 138 valence electrons. The fourth-order valence-corrected chi connectivity index (χ4v) is 2.93. The molecule has 1 N–H and O–H groups in total. The molecule has 0 spiro atoms. The van der Waals surface area contributed by atoms with Gasteiger partial charge in [0, 0.05) is 25.7 Å². The van der Waals surface area contributed by atoms with Gasteiger partial charge in [0.1, 0.15) is 0 Å². The Bertz CT molecular complexity index is 751. The molecule has 2 aromatic carbocycles. The van der Waals surface area contributed by atoms with Gasteiger partial charge >= 0.3 is 0 Å². The van der Waals surface area contributed by atoms with Crippen LogP contribution in [0.1, 0.15) is 43.4 Å². The Morgan fingerprint density at radius 1 is 1.04 bits per heavy atom. The molecule has 0 aliphatic heterocycles. The van der Waals surface area contributed by atoms with E-state index in [9.17, 15) is 9.59 Å². The first-order valence-corrected chi connectivity index (χ1v) is 9.07. The third kappa shape index (κ3) is 5.45. The molecule has 0 atom stereocenters. The molecule has 0 radical (unpaired) electrons. The van der Waals surface area contributed by atoms with Crippen LogP contribution in [0.4, 0.5) is 5.69 Å². The molecule has 0 saturated carbocycles. The van der Waals surface area contributed by atoms with Crippen LogP contribution in [0, 0.1) is 6.92 Å². The molecular weight excluding hydrogens is 324 g/mol. The van der Waals surface area contributed by atoms with Gasteiger partial charge in [0.15, 0.2) is 0 Å². The number of hydrogen-bond donors (Lipinski definition) is 1. The predicted molar refractivity (Wildman–Crippen MR) is 106 cm³/mol. The molecule has 2 aromatic rings. The lowest BCUT2D eigenvalue weighted by atomic mass is 10.0. The largest absolute Gasteiger partial charge is 0.354 e. The quantitative estimate of drug-likeness (QED) is 0.823. The van der Waals surface area contributed by atoms with Crippen LogP contribution in [0.5, 0.6) is 0 Å². The van der Waals surface area contributed by atoms with E-state index >= 15 is 0 Å². The Balaban J connectivity index is 1.96. The number of hydrogen-bond acceptors (Lipinski definition) is 2. The van der Waals surface area contributed by atoms with Crippen molar-refractivity contribution < 1.29 is 9.59 Å². The third-order valence-corrected chi connectivity index (χ3v) is 4.37. The first-order valence-electron chi connectivity index (χ1n) is 9.07. The summed E-state index contributed by atoms with van der Waals surface area (Å²) in [5.74, 6) is 0.268. The average molecular weight is 352 g/mol. The number of nitrogens with one attached hydrogen (secondary N) is 1. The Kier molecular flexibility index (Phi) is 6.96. The molecule has 0 saturated heterocycles. The van der Waals surface area contributed by atoms with Gasteiger partial charge in [-0.1, -0.05) is 61.9 Å². The van der Waals surface area contributed by atoms with E-state index in [4.69, 9.17) is 0 Å². The molecule has 26 heavy (non-hydrogen) atoms. The van der Waals surface area contributed by atoms with Crippen LogP contribution < -0.4 is 10.2 Å². The van der Waals surface area contributed by atoms with Gasteiger partial charge < -0.3 is 10.2 Å². The minimum Gasteiger partial charge on any atom is -0.354 e. The molecule has 2 rings (SSSR count). The van der Waals surface area contributed by atoms with E-state index < -0.39 is 0 Å². The zero-order chi connectivity index (χ0) is 19.1. The van der Waals surface area contributed by atoms with E-state index in [1.807, 2.05) is 55.5 Å². The number of benzene rings is 2. The highest BCUT2D eigenvalue weighted by molar-refractivity contribution is 5.92. The van der Waals surface area contributed by atoms with Gasteiger partial charge in [-0.2, -0.15) is 0 Å². The van der Waals surface area contributed by atoms with Crippen molar-refractivity contribution in [3.63, 3.8) is 0 Å². The van der Waals surface area contributed by atoms with Gasteiger partial charge in [0.2, 0.25) is 11.8 Å². The van der Waals surface area contributed by atoms with Crippen molar-refractivity contribution in [3.8, 4) is 0 Å². The highest BCUT2D eigenvalue weighted by Crippen LogP contribution is 2.27. The summed E-state index contributed by atoms with van der Waals surface area (Å²) in [7, 11) is 0. The monoisotopic (exact) mass is 352 g/mol. The number of anilines is 1. The number of rotatable bonds is 7. The maximum Gasteiger partial charge on any atom is 0.224 e. The Hall–Kier alpha value is -2.62. The van der Waals surface area contributed by atoms with Crippen LogP contribution in [0.3, 0.4) is 0 Å². The maximum absolute atomic E-state index is 12.1. The van der Waals surface area contributed by atoms with Crippen LogP contribution >= 0.6 is 0 Å². The van der Waals surface area contributed by atoms with Gasteiger partial charge in [-0.05, 0) is 30.0 Å². The zero-order valence-electron chi connectivity index (χ0n) is 16.1. The molecule has 2 amide bonds. The second-order valence-corrected chi connectivity index (χ2v) is 6.90. The van der Waals surface area contributed by atoms with Gasteiger partial charge in [-0.25, -0.2) is 0 Å². The minimum absolute atomic E-state index is 0.0223. The Labute approximate surface area is 156 Å². The lowest BCUT2D eigenvalue weighted by Gasteiger charge is -2.25. The average Bonchev–Trinajstić information content (AvgIpc) is 2.60. The lowest BCUT2D eigenvalue weighted by molar-refractivity contribution is -0.121. The normalized spacial score (nSPS) is 10.7. The van der Waals surface area contributed by atoms with Gasteiger partial charge in [0.05, 0.1) is 6.42 Å². The van der Waals surface area contributed by atoms with Crippen LogP contribution in [0.15, 0.2) is 48.5 Å². The van der Waals surface area contributed by atoms with Crippen LogP contribution in [-0.4, -0.2) is 24.9 Å². The summed E-state index contributed by atoms with van der Waals surface area (Å²) >= 11 is 0. The summed E-state index contributed by atoms with van der Waals surface area (Å²) in [6.07, 6.45) is 0.350. The maximum atomic E-state index is 12.1. The summed E-state index contributed by atoms with van der Waals surface area (Å²) in [6.45, 7) is 8.69. The highest BCUT2D eigenvalue weighted by Gasteiger charge is 2.16. The van der Waals surface area contributed by atoms with Gasteiger partial charge in [-0.3, -0.25) is 9.59 Å². The fourth-order valence-electron chi connectivity index (χ4n) is 2.93. The molecule has 0 unspecified atom stereocenters. The number of para-hydroxylation sites is 1. The number of carbonyl (C=O) groups excluding carboxylic acids is 2. The van der Waals surface area contributed by atoms with Crippen molar-refractivity contribution in [3.05, 3.63) is 65.2 Å². The summed E-state index contributed by atoms with van der Waals surface area (Å²) in [4.78, 5) is 26.0. The molecule has 4 nitrogen and oxygen atoms in total. The number of nitrogens with zero attached hydrogens (tertiary/aromatic N) is 1. The summed E-state index contributed by atoms with van der Waals surface area (Å²) in [6, 6.07) is 15.9. The van der Waals surface area contributed by atoms with E-state index in [-0.39, 0.29) is 11.8 Å². The summed E-state index contributed by atoms with van der Waals surface area (Å²) in [5, 5.41) is 2.92. The van der Waals surface area contributed by atoms with E-state index in [1.165, 1.54) is 5.56 Å². The Morgan fingerprint density at radius 3 is 2.31 bits per heavy atom. The van der Waals surface area contributed by atoms with Crippen LogP contribution in [-0.2, 0) is 16.0 Å². The van der Waals surface area contributed by atoms with Crippen LogP contribution in [0.25, 0.3) is 0 Å². The first kappa shape index (κ1) is 19.7. The summed E-state index contributed by atoms with van der Waals surface area (Å²) < 4.78 is 0. The molecule has 4 heteroatoms. The summed E-state index contributed by atoms with van der Waals surface area (Å²) in [5.41, 5.74) is 4.22. The molecule has 0 fully saturated rings. The van der Waals surface area contributed by atoms with Crippen molar-refractivity contribution in [1.82, 2.24) is 5.32 Å². The SMILES string of the molecule is CC(=O)N(CCNC(=O)Cc1ccc(C)cc1)c1ccccc1C(C)C. The fraction of sp³-hybridized carbons (Fsp3) is 0.364. The minimum atomic E-state index is -0.0329. The van der Waals surface area contributed by atoms with Crippen molar-refractivity contribution in [2.75, 3.05) is 18.0 Å². The topological polar surface area (TPSA) is 49.4 Å². The van der Waals surface area contributed by atoms with Gasteiger partial charge in [0.25, 0.3) is 0 Å². The molecule has 0 heterocycles. The number of carbonyl (C=O) groups is 2. The molecule has 0 aromatic heterocycles. The Morgan fingerprint density at radius 2 is 1.69 bits per heavy atom. The standard InChI is InChI=1S/C22H28N2O2/c1-16(2)20-7-5-6-8-21(20)24(18(4)25)14-13-23-22(26)15-19-11-9-17(3)10-12-19/h5-12,16H,13-15H2,1-4H3,(H,23,26). The number of amides is 2. The van der Waals surface area contributed by atoms with Crippen molar-refractivity contribution in [2.24, 2.45) is 0 Å². The second-order valence-electron chi connectivity index (χ2n) is 6.90. The lowest BCUT2D eigenvalue weighted by Crippen LogP contribution is -2.38. The smallest absolute Gasteiger partial charge is 0.224 e. The van der Waals surface area contributed by atoms with Crippen LogP contribution in [0.2, 0.25) is 0 Å². The molecular formula is C22H28N2O2. The third-order valence-electron chi connectivity index (χ3n) is 4.37. The molecule has 0 bridgehead atoms. The second kappa shape index (κ2) is 9.18. The van der Waals surface area contributed by atoms with E-state index in [0.29, 0.717) is 25.4 Å². The van der Waals surface area contributed by atoms with E-state index in [2.05, 4.69) is 19.2 Å². The van der Waals surface area contributed by atoms with Crippen molar-refractivity contribution >= 4 is 17.5 Å². The van der Waals surface area contributed by atoms with E-state index in [1.54, 1.807) is 11.8 Å².